The summed E-state index contributed by atoms with van der Waals surface area (Å²) < 4.78 is 1.72. The number of aryl methyl sites for hydroxylation is 1. The highest BCUT2D eigenvalue weighted by molar-refractivity contribution is 5.92. The van der Waals surface area contributed by atoms with Crippen LogP contribution in [0.2, 0.25) is 0 Å². The van der Waals surface area contributed by atoms with Crippen molar-refractivity contribution < 1.29 is 15.0 Å². The number of pyridine rings is 1. The Labute approximate surface area is 124 Å². The van der Waals surface area contributed by atoms with Crippen LogP contribution in [0.1, 0.15) is 15.9 Å². The molecule has 3 N–H and O–H groups in total. The molecule has 0 radical (unpaired) electrons. The fraction of sp³-hybridized carbons (Fsp3) is 0.133. The first-order valence-corrected chi connectivity index (χ1v) is 6.51. The van der Waals surface area contributed by atoms with Gasteiger partial charge in [-0.15, -0.1) is 0 Å². The highest BCUT2D eigenvalue weighted by Crippen LogP contribution is 2.30. The van der Waals surface area contributed by atoms with Gasteiger partial charge >= 0.3 is 5.97 Å². The van der Waals surface area contributed by atoms with E-state index in [4.69, 9.17) is 5.11 Å². The number of H-pyrrole nitrogens is 1. The molecule has 0 spiro atoms. The number of nitrogens with zero attached hydrogens (tertiary/aromatic N) is 2. The van der Waals surface area contributed by atoms with Crippen LogP contribution in [0.4, 0.5) is 0 Å². The number of hydrogen-bond acceptors (Lipinski definition) is 4. The Morgan fingerprint density at radius 1 is 1.36 bits per heavy atom. The molecule has 0 aliphatic carbocycles. The van der Waals surface area contributed by atoms with Crippen molar-refractivity contribution in [2.45, 2.75) is 6.92 Å². The number of benzene rings is 1. The van der Waals surface area contributed by atoms with E-state index in [1.54, 1.807) is 23.9 Å². The molecule has 7 heteroatoms. The Morgan fingerprint density at radius 3 is 2.77 bits per heavy atom. The quantitative estimate of drug-likeness (QED) is 0.666. The number of aromatic nitrogens is 3. The zero-order chi connectivity index (χ0) is 16.0. The molecule has 0 fully saturated rings. The third-order valence-electron chi connectivity index (χ3n) is 3.68. The Morgan fingerprint density at radius 2 is 2.09 bits per heavy atom. The summed E-state index contributed by atoms with van der Waals surface area (Å²) in [7, 11) is 1.82. The first-order chi connectivity index (χ1) is 10.4. The number of carboxylic acid groups (broad SMARTS) is 1. The number of aromatic carboxylic acids is 1. The Hall–Kier alpha value is -3.09. The number of hydrogen-bond donors (Lipinski definition) is 3. The van der Waals surface area contributed by atoms with Crippen molar-refractivity contribution in [1.82, 2.24) is 14.8 Å². The van der Waals surface area contributed by atoms with Gasteiger partial charge in [-0.3, -0.25) is 9.48 Å². The summed E-state index contributed by atoms with van der Waals surface area (Å²) in [5.41, 5.74) is 0.802. The Bertz CT molecular complexity index is 969. The van der Waals surface area contributed by atoms with Crippen LogP contribution in [0, 0.1) is 6.92 Å². The van der Waals surface area contributed by atoms with E-state index in [2.05, 4.69) is 10.1 Å². The summed E-state index contributed by atoms with van der Waals surface area (Å²) in [6.45, 7) is 1.56. The molecule has 7 nitrogen and oxygen atoms in total. The minimum Gasteiger partial charge on any atom is -0.506 e. The normalized spacial score (nSPS) is 11.0. The molecule has 1 aromatic carbocycles. The maximum atomic E-state index is 11.9. The van der Waals surface area contributed by atoms with Gasteiger partial charge in [0.05, 0.1) is 17.4 Å². The van der Waals surface area contributed by atoms with Crippen molar-refractivity contribution in [2.24, 2.45) is 7.05 Å². The molecule has 3 aromatic rings. The summed E-state index contributed by atoms with van der Waals surface area (Å²) >= 11 is 0. The predicted molar refractivity (Wildman–Crippen MR) is 80.1 cm³/mol. The van der Waals surface area contributed by atoms with Crippen LogP contribution >= 0.6 is 0 Å². The molecular weight excluding hydrogens is 286 g/mol. The van der Waals surface area contributed by atoms with Crippen LogP contribution in [-0.4, -0.2) is 30.9 Å². The van der Waals surface area contributed by atoms with Gasteiger partial charge in [-0.1, -0.05) is 6.07 Å². The van der Waals surface area contributed by atoms with E-state index in [9.17, 15) is 14.7 Å². The molecule has 0 saturated heterocycles. The smallest absolute Gasteiger partial charge is 0.345 e. The summed E-state index contributed by atoms with van der Waals surface area (Å²) in [4.78, 5) is 25.4. The van der Waals surface area contributed by atoms with Gasteiger partial charge in [-0.25, -0.2) is 4.79 Å². The zero-order valence-electron chi connectivity index (χ0n) is 11.9. The van der Waals surface area contributed by atoms with Gasteiger partial charge in [-0.05, 0) is 24.6 Å². The average Bonchev–Trinajstić information content (AvgIpc) is 2.83. The van der Waals surface area contributed by atoms with Gasteiger partial charge in [0, 0.05) is 18.0 Å². The summed E-state index contributed by atoms with van der Waals surface area (Å²) in [5.74, 6) is -1.98. The van der Waals surface area contributed by atoms with Crippen molar-refractivity contribution in [3.8, 4) is 17.0 Å². The van der Waals surface area contributed by atoms with Gasteiger partial charge in [0.15, 0.2) is 5.56 Å². The third-order valence-corrected chi connectivity index (χ3v) is 3.68. The Balaban J connectivity index is 2.26. The molecule has 2 heterocycles. The van der Waals surface area contributed by atoms with Crippen LogP contribution in [0.5, 0.6) is 5.75 Å². The van der Waals surface area contributed by atoms with Crippen molar-refractivity contribution in [2.75, 3.05) is 0 Å². The molecule has 3 rings (SSSR count). The number of carboxylic acids is 1. The number of carbonyl (C=O) groups is 1. The van der Waals surface area contributed by atoms with Crippen LogP contribution in [0.25, 0.3) is 22.2 Å². The molecule has 0 aliphatic heterocycles. The van der Waals surface area contributed by atoms with E-state index >= 15 is 0 Å². The lowest BCUT2D eigenvalue weighted by Crippen LogP contribution is -2.19. The second-order valence-corrected chi connectivity index (χ2v) is 5.02. The van der Waals surface area contributed by atoms with Crippen molar-refractivity contribution in [3.05, 3.63) is 45.9 Å². The van der Waals surface area contributed by atoms with Gasteiger partial charge in [0.25, 0.3) is 5.56 Å². The number of nitrogens with one attached hydrogen (secondary N) is 1. The minimum atomic E-state index is -1.46. The van der Waals surface area contributed by atoms with E-state index in [0.29, 0.717) is 16.8 Å². The van der Waals surface area contributed by atoms with Crippen molar-refractivity contribution in [1.29, 1.82) is 0 Å². The molecule has 0 saturated carbocycles. The van der Waals surface area contributed by atoms with Gasteiger partial charge < -0.3 is 15.2 Å². The highest BCUT2D eigenvalue weighted by atomic mass is 16.4. The fourth-order valence-electron chi connectivity index (χ4n) is 2.49. The molecule has 0 aliphatic rings. The highest BCUT2D eigenvalue weighted by Gasteiger charge is 2.20. The predicted octanol–water partition coefficient (Wildman–Crippen LogP) is 1.64. The number of fused-ring (bicyclic) bond motifs is 1. The van der Waals surface area contributed by atoms with Crippen LogP contribution in [0.15, 0.2) is 29.2 Å². The van der Waals surface area contributed by atoms with Gasteiger partial charge in [-0.2, -0.15) is 5.10 Å². The van der Waals surface area contributed by atoms with E-state index in [1.165, 1.54) is 0 Å². The lowest BCUT2D eigenvalue weighted by atomic mass is 10.0. The van der Waals surface area contributed by atoms with E-state index in [1.807, 2.05) is 19.2 Å². The monoisotopic (exact) mass is 299 g/mol. The SMILES string of the molecule is Cc1c(-c2ccc3c(cnn3C)c2)[nH]c(=O)c(C(=O)O)c1O. The minimum absolute atomic E-state index is 0.306. The first-order valence-electron chi connectivity index (χ1n) is 6.51. The van der Waals surface area contributed by atoms with Gasteiger partial charge in [0.1, 0.15) is 5.75 Å². The van der Waals surface area contributed by atoms with Gasteiger partial charge in [0.2, 0.25) is 0 Å². The summed E-state index contributed by atoms with van der Waals surface area (Å²) in [5, 5.41) is 24.0. The lowest BCUT2D eigenvalue weighted by molar-refractivity contribution is 0.0691. The molecule has 22 heavy (non-hydrogen) atoms. The van der Waals surface area contributed by atoms with Crippen molar-refractivity contribution in [3.63, 3.8) is 0 Å². The molecule has 2 aromatic heterocycles. The fourth-order valence-corrected chi connectivity index (χ4v) is 2.49. The van der Waals surface area contributed by atoms with E-state index in [0.717, 1.165) is 10.9 Å². The molecule has 112 valence electrons. The number of aromatic amines is 1. The van der Waals surface area contributed by atoms with Crippen LogP contribution in [-0.2, 0) is 7.05 Å². The van der Waals surface area contributed by atoms with Crippen molar-refractivity contribution >= 4 is 16.9 Å². The number of rotatable bonds is 2. The summed E-state index contributed by atoms with van der Waals surface area (Å²) in [6.07, 6.45) is 1.69. The maximum Gasteiger partial charge on any atom is 0.345 e. The number of aromatic hydroxyl groups is 1. The first kappa shape index (κ1) is 13.9. The second-order valence-electron chi connectivity index (χ2n) is 5.02. The molecule has 0 unspecified atom stereocenters. The molecule has 0 bridgehead atoms. The van der Waals surface area contributed by atoms with Crippen LogP contribution < -0.4 is 5.56 Å². The average molecular weight is 299 g/mol. The van der Waals surface area contributed by atoms with Crippen LogP contribution in [0.3, 0.4) is 0 Å². The topological polar surface area (TPSA) is 108 Å². The molecule has 0 atom stereocenters. The maximum absolute atomic E-state index is 11.9. The molecular formula is C15H13N3O4. The van der Waals surface area contributed by atoms with E-state index in [-0.39, 0.29) is 0 Å². The molecule has 0 amide bonds. The largest absolute Gasteiger partial charge is 0.506 e. The third kappa shape index (κ3) is 1.95. The Kier molecular flexibility index (Phi) is 2.98. The summed E-state index contributed by atoms with van der Waals surface area (Å²) in [6, 6.07) is 5.44. The lowest BCUT2D eigenvalue weighted by Gasteiger charge is -2.10. The van der Waals surface area contributed by atoms with E-state index < -0.39 is 22.8 Å². The standard InChI is InChI=1S/C15H13N3O4/c1-7-12(17-14(20)11(13(7)19)15(21)22)8-3-4-10-9(5-8)6-16-18(10)2/h3-6H,1-2H3,(H,21,22)(H2,17,19,20). The second kappa shape index (κ2) is 4.73. The zero-order valence-corrected chi connectivity index (χ0v) is 11.9.